The molecule has 7 aromatic carbocycles. The number of aryl methyl sites for hydroxylation is 1. The van der Waals surface area contributed by atoms with E-state index in [2.05, 4.69) is 192 Å². The summed E-state index contributed by atoms with van der Waals surface area (Å²) in [6.07, 6.45) is 2.39. The lowest BCUT2D eigenvalue weighted by molar-refractivity contribution is 0.332. The Bertz CT molecular complexity index is 3280. The van der Waals surface area contributed by atoms with Gasteiger partial charge in [0.15, 0.2) is 0 Å². The molecule has 0 unspecified atom stereocenters. The maximum absolute atomic E-state index is 2.77. The molecule has 288 valence electrons. The first-order valence-electron chi connectivity index (χ1n) is 21.5. The smallest absolute Gasteiger partial charge is 0.343 e. The van der Waals surface area contributed by atoms with E-state index in [1.165, 1.54) is 127 Å². The Balaban J connectivity index is 1.28. The Morgan fingerprint density at radius 2 is 1.31 bits per heavy atom. The van der Waals surface area contributed by atoms with Crippen molar-refractivity contribution in [2.75, 3.05) is 4.90 Å². The summed E-state index contributed by atoms with van der Waals surface area (Å²) in [4.78, 5) is 2.70. The van der Waals surface area contributed by atoms with Crippen molar-refractivity contribution < 1.29 is 0 Å². The van der Waals surface area contributed by atoms with Gasteiger partial charge in [-0.25, -0.2) is 0 Å². The second-order valence-corrected chi connectivity index (χ2v) is 21.1. The van der Waals surface area contributed by atoms with Crippen LogP contribution in [0.5, 0.6) is 0 Å². The lowest BCUT2D eigenvalue weighted by Crippen LogP contribution is -2.55. The maximum Gasteiger partial charge on any atom is 0.343 e. The third kappa shape index (κ3) is 4.81. The molecule has 2 nitrogen and oxygen atoms in total. The monoisotopic (exact) mass is 780 g/mol. The number of benzene rings is 7. The highest BCUT2D eigenvalue weighted by atomic mass is 32.1. The molecule has 59 heavy (non-hydrogen) atoms. The third-order valence-corrected chi connectivity index (χ3v) is 15.6. The molecule has 0 radical (unpaired) electrons. The van der Waals surface area contributed by atoms with Crippen molar-refractivity contribution in [1.29, 1.82) is 0 Å². The van der Waals surface area contributed by atoms with E-state index in [1.54, 1.807) is 0 Å². The summed E-state index contributed by atoms with van der Waals surface area (Å²) in [6.45, 7) is 19.2. The molecule has 2 aliphatic heterocycles. The van der Waals surface area contributed by atoms with E-state index in [4.69, 9.17) is 0 Å². The van der Waals surface area contributed by atoms with Crippen LogP contribution in [0.4, 0.5) is 17.1 Å². The van der Waals surface area contributed by atoms with Gasteiger partial charge in [-0.2, -0.15) is 0 Å². The van der Waals surface area contributed by atoms with Gasteiger partial charge in [0.1, 0.15) is 0 Å². The Kier molecular flexibility index (Phi) is 7.07. The molecule has 0 bridgehead atoms. The number of thiophene rings is 1. The fourth-order valence-electron chi connectivity index (χ4n) is 11.2. The first-order chi connectivity index (χ1) is 28.3. The van der Waals surface area contributed by atoms with Crippen molar-refractivity contribution in [1.82, 2.24) is 4.48 Å². The average Bonchev–Trinajstić information content (AvgIpc) is 3.77. The molecular formula is C55H49BN2S. The van der Waals surface area contributed by atoms with Crippen LogP contribution in [0, 0.1) is 6.92 Å². The number of rotatable bonds is 2. The molecule has 0 saturated carbocycles. The van der Waals surface area contributed by atoms with Crippen molar-refractivity contribution in [3.05, 3.63) is 150 Å². The normalized spacial score (nSPS) is 16.2. The van der Waals surface area contributed by atoms with Gasteiger partial charge >= 0.3 is 6.85 Å². The van der Waals surface area contributed by atoms with Gasteiger partial charge in [0.25, 0.3) is 0 Å². The lowest BCUT2D eigenvalue weighted by atomic mass is 9.48. The summed E-state index contributed by atoms with van der Waals surface area (Å²) in [5.41, 5.74) is 19.0. The molecule has 4 heterocycles. The zero-order valence-electron chi connectivity index (χ0n) is 35.4. The van der Waals surface area contributed by atoms with Gasteiger partial charge in [0.05, 0.1) is 11.4 Å². The zero-order valence-corrected chi connectivity index (χ0v) is 36.2. The molecule has 0 spiro atoms. The van der Waals surface area contributed by atoms with Gasteiger partial charge in [-0.15, -0.1) is 11.3 Å². The standard InChI is InChI=1S/C55H49BN2S/c1-32-27-41-38-20-14-19-37-39-23-21-34-17-12-13-18-36(34)49(39)58(50(37)38)56-48(41)46(28-32)57(45-24-22-35(53(2,3)4)29-40(45)33-15-10-9-11-16-33)51-42-30-43-44(31-47(42)59-52(51)56)55(7,8)26-25-54(43,5)6/h9-24,27-31H,25-26H2,1-8H3. The van der Waals surface area contributed by atoms with Crippen LogP contribution in [0.15, 0.2) is 127 Å². The molecule has 0 amide bonds. The Morgan fingerprint density at radius 1 is 0.593 bits per heavy atom. The predicted molar refractivity (Wildman–Crippen MR) is 257 cm³/mol. The Labute approximate surface area is 352 Å². The van der Waals surface area contributed by atoms with E-state index < -0.39 is 0 Å². The number of fused-ring (bicyclic) bond motifs is 12. The summed E-state index contributed by atoms with van der Waals surface area (Å²) in [7, 11) is 0. The summed E-state index contributed by atoms with van der Waals surface area (Å²) >= 11 is 2.04. The molecule has 3 aliphatic rings. The number of hydrogen-bond acceptors (Lipinski definition) is 2. The van der Waals surface area contributed by atoms with Crippen LogP contribution < -0.4 is 15.1 Å². The van der Waals surface area contributed by atoms with E-state index in [-0.39, 0.29) is 23.1 Å². The molecule has 2 aromatic heterocycles. The minimum absolute atomic E-state index is 0.00256. The molecule has 9 aromatic rings. The van der Waals surface area contributed by atoms with Gasteiger partial charge in [0.2, 0.25) is 0 Å². The van der Waals surface area contributed by atoms with Crippen molar-refractivity contribution in [2.45, 2.75) is 84.5 Å². The van der Waals surface area contributed by atoms with Gasteiger partial charge < -0.3 is 9.38 Å². The molecule has 12 rings (SSSR count). The highest BCUT2D eigenvalue weighted by molar-refractivity contribution is 7.32. The second-order valence-electron chi connectivity index (χ2n) is 20.1. The van der Waals surface area contributed by atoms with E-state index in [9.17, 15) is 0 Å². The topological polar surface area (TPSA) is 8.17 Å². The average molecular weight is 781 g/mol. The summed E-state index contributed by atoms with van der Waals surface area (Å²) in [5.74, 6) is 0. The number of nitrogens with zero attached hydrogens (tertiary/aromatic N) is 2. The highest BCUT2D eigenvalue weighted by Crippen LogP contribution is 2.54. The molecule has 1 aliphatic carbocycles. The lowest BCUT2D eigenvalue weighted by Gasteiger charge is -2.42. The summed E-state index contributed by atoms with van der Waals surface area (Å²) in [6, 6.07) is 49.3. The van der Waals surface area contributed by atoms with Crippen LogP contribution in [-0.4, -0.2) is 11.3 Å². The SMILES string of the molecule is Cc1cc2c3c(c1)N(c1ccc(C(C)(C)C)cc1-c1ccccc1)c1c(sc4cc5c(cc14)C(C)(C)CCC5(C)C)B3n1c3c-2cccc3c2ccc3ccccc3c21. The number of hydrogen-bond donors (Lipinski definition) is 0. The van der Waals surface area contributed by atoms with E-state index >= 15 is 0 Å². The Morgan fingerprint density at radius 3 is 2.08 bits per heavy atom. The maximum atomic E-state index is 2.77. The van der Waals surface area contributed by atoms with Crippen LogP contribution in [0.3, 0.4) is 0 Å². The molecule has 0 fully saturated rings. The fourth-order valence-corrected chi connectivity index (χ4v) is 12.5. The van der Waals surface area contributed by atoms with Gasteiger partial charge in [-0.05, 0) is 111 Å². The number of anilines is 3. The van der Waals surface area contributed by atoms with Crippen LogP contribution in [-0.2, 0) is 16.2 Å². The summed E-state index contributed by atoms with van der Waals surface area (Å²) in [5, 5.41) is 6.65. The molecular weight excluding hydrogens is 731 g/mol. The minimum Gasteiger partial charge on any atom is -0.374 e. The molecule has 0 N–H and O–H groups in total. The molecule has 4 heteroatoms. The van der Waals surface area contributed by atoms with E-state index in [0.717, 1.165) is 0 Å². The first-order valence-corrected chi connectivity index (χ1v) is 22.3. The minimum atomic E-state index is 0.00256. The van der Waals surface area contributed by atoms with Crippen molar-refractivity contribution >= 4 is 88.2 Å². The van der Waals surface area contributed by atoms with Gasteiger partial charge in [-0.3, -0.25) is 0 Å². The Hall–Kier alpha value is -5.58. The van der Waals surface area contributed by atoms with Crippen LogP contribution in [0.2, 0.25) is 0 Å². The number of para-hydroxylation sites is 1. The van der Waals surface area contributed by atoms with Crippen LogP contribution in [0.1, 0.15) is 83.6 Å². The summed E-state index contributed by atoms with van der Waals surface area (Å²) < 4.78 is 5.58. The van der Waals surface area contributed by atoms with Crippen molar-refractivity contribution in [3.63, 3.8) is 0 Å². The van der Waals surface area contributed by atoms with Crippen molar-refractivity contribution in [2.24, 2.45) is 0 Å². The zero-order chi connectivity index (χ0) is 40.3. The van der Waals surface area contributed by atoms with E-state index in [1.807, 2.05) is 11.3 Å². The third-order valence-electron chi connectivity index (χ3n) is 14.4. The highest BCUT2D eigenvalue weighted by Gasteiger charge is 2.46. The molecule has 0 saturated heterocycles. The van der Waals surface area contributed by atoms with E-state index in [0.29, 0.717) is 0 Å². The van der Waals surface area contributed by atoms with Gasteiger partial charge in [0, 0.05) is 58.9 Å². The van der Waals surface area contributed by atoms with Crippen LogP contribution >= 0.6 is 11.3 Å². The number of aromatic nitrogens is 1. The molecule has 0 atom stereocenters. The fraction of sp³-hybridized carbons (Fsp3) is 0.236. The van der Waals surface area contributed by atoms with Crippen molar-refractivity contribution in [3.8, 4) is 22.3 Å². The second kappa shape index (κ2) is 11.8. The predicted octanol–water partition coefficient (Wildman–Crippen LogP) is 14.2. The first kappa shape index (κ1) is 35.4. The largest absolute Gasteiger partial charge is 0.374 e. The quantitative estimate of drug-likeness (QED) is 0.159. The van der Waals surface area contributed by atoms with Gasteiger partial charge in [-0.1, -0.05) is 146 Å². The van der Waals surface area contributed by atoms with Crippen LogP contribution in [0.25, 0.3) is 64.9 Å².